The molecule has 2 rings (SSSR count). The molecule has 0 aromatic rings. The van der Waals surface area contributed by atoms with Crippen LogP contribution < -0.4 is 0 Å². The fourth-order valence-corrected chi connectivity index (χ4v) is 2.64. The van der Waals surface area contributed by atoms with Gasteiger partial charge in [-0.25, -0.2) is 0 Å². The maximum atomic E-state index is 11.4. The highest BCUT2D eigenvalue weighted by molar-refractivity contribution is 5.88. The molecule has 0 heterocycles. The smallest absolute Gasteiger partial charge is 0.141 e. The van der Waals surface area contributed by atoms with Gasteiger partial charge in [0.25, 0.3) is 0 Å². The van der Waals surface area contributed by atoms with Crippen molar-refractivity contribution in [1.29, 1.82) is 0 Å². The number of carbonyl (C=O) groups excluding carboxylic acids is 1. The standard InChI is InChI=1S/C9H14O2/c1-8-4-2-5-9(8,11)6-3-7(8)10/h11H,2-6H2,1H3/t8-,9-/m1/s1. The molecule has 2 heteroatoms. The molecule has 1 N–H and O–H groups in total. The summed E-state index contributed by atoms with van der Waals surface area (Å²) in [6, 6.07) is 0. The molecule has 0 bridgehead atoms. The molecule has 0 radical (unpaired) electrons. The van der Waals surface area contributed by atoms with Gasteiger partial charge in [-0.1, -0.05) is 0 Å². The third-order valence-electron chi connectivity index (χ3n) is 3.68. The molecular formula is C9H14O2. The van der Waals surface area contributed by atoms with Gasteiger partial charge in [0.1, 0.15) is 5.78 Å². The predicted octanol–water partition coefficient (Wildman–Crippen LogP) is 1.27. The van der Waals surface area contributed by atoms with Crippen molar-refractivity contribution in [1.82, 2.24) is 0 Å². The number of fused-ring (bicyclic) bond motifs is 1. The van der Waals surface area contributed by atoms with E-state index in [0.717, 1.165) is 19.3 Å². The first-order chi connectivity index (χ1) is 5.08. The van der Waals surface area contributed by atoms with E-state index in [1.807, 2.05) is 6.92 Å². The van der Waals surface area contributed by atoms with Crippen LogP contribution in [0.2, 0.25) is 0 Å². The molecule has 0 spiro atoms. The minimum atomic E-state index is -0.635. The molecule has 2 aliphatic rings. The summed E-state index contributed by atoms with van der Waals surface area (Å²) in [5.74, 6) is 0.275. The molecule has 11 heavy (non-hydrogen) atoms. The number of ketones is 1. The van der Waals surface area contributed by atoms with E-state index in [1.54, 1.807) is 0 Å². The highest BCUT2D eigenvalue weighted by atomic mass is 16.3. The lowest BCUT2D eigenvalue weighted by molar-refractivity contribution is -0.131. The molecule has 0 unspecified atom stereocenters. The van der Waals surface area contributed by atoms with Gasteiger partial charge in [-0.2, -0.15) is 0 Å². The minimum absolute atomic E-state index is 0.275. The topological polar surface area (TPSA) is 37.3 Å². The Morgan fingerprint density at radius 3 is 2.73 bits per heavy atom. The molecule has 62 valence electrons. The molecule has 2 fully saturated rings. The third kappa shape index (κ3) is 0.684. The van der Waals surface area contributed by atoms with Crippen molar-refractivity contribution in [3.05, 3.63) is 0 Å². The monoisotopic (exact) mass is 154 g/mol. The van der Waals surface area contributed by atoms with Crippen LogP contribution in [0.4, 0.5) is 0 Å². The number of Topliss-reactive ketones (excluding diaryl/α,β-unsaturated/α-hetero) is 1. The van der Waals surface area contributed by atoms with Crippen molar-refractivity contribution < 1.29 is 9.90 Å². The Labute approximate surface area is 66.6 Å². The van der Waals surface area contributed by atoms with Gasteiger partial charge in [0, 0.05) is 6.42 Å². The van der Waals surface area contributed by atoms with Gasteiger partial charge in [0.05, 0.1) is 11.0 Å². The fraction of sp³-hybridized carbons (Fsp3) is 0.889. The molecule has 2 aliphatic carbocycles. The van der Waals surface area contributed by atoms with Gasteiger partial charge in [-0.3, -0.25) is 4.79 Å². The van der Waals surface area contributed by atoms with Crippen molar-refractivity contribution in [2.24, 2.45) is 5.41 Å². The summed E-state index contributed by atoms with van der Waals surface area (Å²) in [6.45, 7) is 1.93. The second-order valence-corrected chi connectivity index (χ2v) is 4.14. The lowest BCUT2D eigenvalue weighted by atomic mass is 9.78. The summed E-state index contributed by atoms with van der Waals surface area (Å²) >= 11 is 0. The fourth-order valence-electron chi connectivity index (χ4n) is 2.64. The number of aliphatic hydroxyl groups is 1. The van der Waals surface area contributed by atoms with Crippen LogP contribution in [0.25, 0.3) is 0 Å². The van der Waals surface area contributed by atoms with Crippen LogP contribution in [0, 0.1) is 5.41 Å². The van der Waals surface area contributed by atoms with Crippen molar-refractivity contribution >= 4 is 5.78 Å². The van der Waals surface area contributed by atoms with Gasteiger partial charge < -0.3 is 5.11 Å². The summed E-state index contributed by atoms with van der Waals surface area (Å²) in [7, 11) is 0. The molecular weight excluding hydrogens is 140 g/mol. The van der Waals surface area contributed by atoms with Crippen LogP contribution in [0.1, 0.15) is 39.0 Å². The van der Waals surface area contributed by atoms with E-state index in [0.29, 0.717) is 12.8 Å². The summed E-state index contributed by atoms with van der Waals surface area (Å²) in [4.78, 5) is 11.4. The molecule has 0 aromatic heterocycles. The SMILES string of the molecule is C[C@]12CCC[C@@]1(O)CCC2=O. The van der Waals surface area contributed by atoms with Crippen LogP contribution in [-0.4, -0.2) is 16.5 Å². The van der Waals surface area contributed by atoms with Gasteiger partial charge >= 0.3 is 0 Å². The second-order valence-electron chi connectivity index (χ2n) is 4.14. The van der Waals surface area contributed by atoms with E-state index in [4.69, 9.17) is 0 Å². The molecule has 0 amide bonds. The van der Waals surface area contributed by atoms with Gasteiger partial charge in [0.2, 0.25) is 0 Å². The average Bonchev–Trinajstić information content (AvgIpc) is 2.34. The Hall–Kier alpha value is -0.370. The Bertz CT molecular complexity index is 212. The molecule has 0 aliphatic heterocycles. The lowest BCUT2D eigenvalue weighted by Gasteiger charge is -2.30. The highest BCUT2D eigenvalue weighted by Gasteiger charge is 2.58. The van der Waals surface area contributed by atoms with E-state index < -0.39 is 5.60 Å². The van der Waals surface area contributed by atoms with E-state index in [9.17, 15) is 9.90 Å². The van der Waals surface area contributed by atoms with Crippen molar-refractivity contribution in [3.63, 3.8) is 0 Å². The minimum Gasteiger partial charge on any atom is -0.389 e. The molecule has 0 saturated heterocycles. The molecule has 2 nitrogen and oxygen atoms in total. The van der Waals surface area contributed by atoms with Crippen LogP contribution >= 0.6 is 0 Å². The Morgan fingerprint density at radius 1 is 1.36 bits per heavy atom. The molecule has 0 aromatic carbocycles. The summed E-state index contributed by atoms with van der Waals surface area (Å²) < 4.78 is 0. The van der Waals surface area contributed by atoms with Gasteiger partial charge in [-0.05, 0) is 32.6 Å². The first-order valence-corrected chi connectivity index (χ1v) is 4.34. The molecule has 2 saturated carbocycles. The summed E-state index contributed by atoms with van der Waals surface area (Å²) in [5.41, 5.74) is -1.02. The third-order valence-corrected chi connectivity index (χ3v) is 3.68. The van der Waals surface area contributed by atoms with Crippen LogP contribution in [0.15, 0.2) is 0 Å². The first-order valence-electron chi connectivity index (χ1n) is 4.34. The van der Waals surface area contributed by atoms with Crippen molar-refractivity contribution in [2.75, 3.05) is 0 Å². The van der Waals surface area contributed by atoms with E-state index in [1.165, 1.54) is 0 Å². The van der Waals surface area contributed by atoms with Crippen molar-refractivity contribution in [2.45, 2.75) is 44.6 Å². The zero-order chi connectivity index (χ0) is 8.11. The Balaban J connectivity index is 2.41. The summed E-state index contributed by atoms with van der Waals surface area (Å²) in [5, 5.41) is 10.0. The quantitative estimate of drug-likeness (QED) is 0.570. The Kier molecular flexibility index (Phi) is 1.23. The van der Waals surface area contributed by atoms with Crippen LogP contribution in [-0.2, 0) is 4.79 Å². The number of hydrogen-bond donors (Lipinski definition) is 1. The maximum absolute atomic E-state index is 11.4. The highest BCUT2D eigenvalue weighted by Crippen LogP contribution is 2.54. The van der Waals surface area contributed by atoms with Crippen LogP contribution in [0.5, 0.6) is 0 Å². The van der Waals surface area contributed by atoms with Crippen molar-refractivity contribution in [3.8, 4) is 0 Å². The zero-order valence-electron chi connectivity index (χ0n) is 6.89. The average molecular weight is 154 g/mol. The first kappa shape index (κ1) is 7.29. The second kappa shape index (κ2) is 1.86. The Morgan fingerprint density at radius 2 is 2.09 bits per heavy atom. The normalized spacial score (nSPS) is 49.8. The van der Waals surface area contributed by atoms with E-state index >= 15 is 0 Å². The van der Waals surface area contributed by atoms with Gasteiger partial charge in [0.15, 0.2) is 0 Å². The van der Waals surface area contributed by atoms with E-state index in [-0.39, 0.29) is 11.2 Å². The lowest BCUT2D eigenvalue weighted by Crippen LogP contribution is -2.40. The largest absolute Gasteiger partial charge is 0.389 e. The number of rotatable bonds is 0. The predicted molar refractivity (Wildman–Crippen MR) is 41.1 cm³/mol. The molecule has 2 atom stereocenters. The van der Waals surface area contributed by atoms with Gasteiger partial charge in [-0.15, -0.1) is 0 Å². The number of hydrogen-bond acceptors (Lipinski definition) is 2. The zero-order valence-corrected chi connectivity index (χ0v) is 6.89. The van der Waals surface area contributed by atoms with E-state index in [2.05, 4.69) is 0 Å². The number of carbonyl (C=O) groups is 1. The summed E-state index contributed by atoms with van der Waals surface area (Å²) in [6.07, 6.45) is 4.02. The maximum Gasteiger partial charge on any atom is 0.141 e. The van der Waals surface area contributed by atoms with Crippen LogP contribution in [0.3, 0.4) is 0 Å².